The highest BCUT2D eigenvalue weighted by molar-refractivity contribution is 5.93. The number of pyridine rings is 1. The number of hydrogen-bond acceptors (Lipinski definition) is 3. The minimum absolute atomic E-state index is 0.230. The van der Waals surface area contributed by atoms with Gasteiger partial charge in [0.15, 0.2) is 12.4 Å². The smallest absolute Gasteiger partial charge is 0.252 e. The van der Waals surface area contributed by atoms with Crippen LogP contribution in [0.2, 0.25) is 0 Å². The molecule has 0 saturated carbocycles. The van der Waals surface area contributed by atoms with E-state index in [-0.39, 0.29) is 5.91 Å². The number of hydrogen-bond donors (Lipinski definition) is 1. The molecule has 0 fully saturated rings. The largest absolute Gasteiger partial charge is 0.619 e. The van der Waals surface area contributed by atoms with Crippen LogP contribution in [0.25, 0.3) is 0 Å². The second-order valence-electron chi connectivity index (χ2n) is 3.94. The van der Waals surface area contributed by atoms with E-state index in [2.05, 4.69) is 5.32 Å². The maximum atomic E-state index is 11.9. The normalized spacial score (nSPS) is 9.95. The average Bonchev–Trinajstić information content (AvgIpc) is 2.45. The van der Waals surface area contributed by atoms with E-state index in [0.29, 0.717) is 16.8 Å². The summed E-state index contributed by atoms with van der Waals surface area (Å²) >= 11 is 0. The number of carbonyl (C=O) groups is 1. The number of methoxy groups -OCH3 is 1. The van der Waals surface area contributed by atoms with Gasteiger partial charge < -0.3 is 15.3 Å². The lowest BCUT2D eigenvalue weighted by atomic mass is 10.2. The molecule has 98 valence electrons. The van der Waals surface area contributed by atoms with Gasteiger partial charge in [0, 0.05) is 24.2 Å². The Balaban J connectivity index is 2.02. The van der Waals surface area contributed by atoms with Crippen molar-refractivity contribution in [2.24, 2.45) is 0 Å². The average molecular weight is 258 g/mol. The van der Waals surface area contributed by atoms with Crippen LogP contribution >= 0.6 is 0 Å². The molecule has 0 spiro atoms. The van der Waals surface area contributed by atoms with Crippen molar-refractivity contribution < 1.29 is 14.3 Å². The van der Waals surface area contributed by atoms with Gasteiger partial charge in [-0.3, -0.25) is 4.79 Å². The SMILES string of the molecule is COc1ccccc1CNC(=O)c1cc[n+]([O-])cc1. The van der Waals surface area contributed by atoms with Crippen LogP contribution < -0.4 is 14.8 Å². The summed E-state index contributed by atoms with van der Waals surface area (Å²) in [6, 6.07) is 10.4. The van der Waals surface area contributed by atoms with Crippen LogP contribution in [-0.4, -0.2) is 13.0 Å². The number of para-hydroxylation sites is 1. The van der Waals surface area contributed by atoms with Crippen molar-refractivity contribution >= 4 is 5.91 Å². The molecule has 0 unspecified atom stereocenters. The highest BCUT2D eigenvalue weighted by Crippen LogP contribution is 2.16. The van der Waals surface area contributed by atoms with Crippen LogP contribution in [0, 0.1) is 5.21 Å². The monoisotopic (exact) mass is 258 g/mol. The third kappa shape index (κ3) is 3.22. The van der Waals surface area contributed by atoms with Gasteiger partial charge in [0.05, 0.1) is 12.7 Å². The molecule has 0 saturated heterocycles. The Labute approximate surface area is 111 Å². The number of nitrogens with one attached hydrogen (secondary N) is 1. The van der Waals surface area contributed by atoms with Crippen molar-refractivity contribution in [1.82, 2.24) is 5.32 Å². The van der Waals surface area contributed by atoms with Crippen molar-refractivity contribution in [3.05, 3.63) is 65.1 Å². The molecule has 0 aliphatic heterocycles. The lowest BCUT2D eigenvalue weighted by Gasteiger charge is -2.09. The van der Waals surface area contributed by atoms with Gasteiger partial charge in [-0.2, -0.15) is 4.73 Å². The molecule has 0 aliphatic rings. The Kier molecular flexibility index (Phi) is 3.97. The molecule has 5 heteroatoms. The van der Waals surface area contributed by atoms with Gasteiger partial charge in [0.25, 0.3) is 5.91 Å². The first kappa shape index (κ1) is 12.9. The summed E-state index contributed by atoms with van der Waals surface area (Å²) in [6.07, 6.45) is 2.58. The topological polar surface area (TPSA) is 65.3 Å². The van der Waals surface area contributed by atoms with E-state index in [1.807, 2.05) is 24.3 Å². The Morgan fingerprint density at radius 1 is 1.26 bits per heavy atom. The molecule has 0 atom stereocenters. The summed E-state index contributed by atoms with van der Waals surface area (Å²) in [7, 11) is 1.59. The summed E-state index contributed by atoms with van der Waals surface area (Å²) in [5.74, 6) is 0.500. The molecular weight excluding hydrogens is 244 g/mol. The fourth-order valence-electron chi connectivity index (χ4n) is 1.69. The first-order valence-electron chi connectivity index (χ1n) is 5.79. The standard InChI is InChI=1S/C14H14N2O3/c1-19-13-5-3-2-4-12(13)10-15-14(17)11-6-8-16(18)9-7-11/h2-9H,10H2,1H3,(H,15,17). The van der Waals surface area contributed by atoms with E-state index in [1.54, 1.807) is 7.11 Å². The number of benzene rings is 1. The molecular formula is C14H14N2O3. The van der Waals surface area contributed by atoms with Crippen molar-refractivity contribution in [2.45, 2.75) is 6.54 Å². The number of rotatable bonds is 4. The first-order valence-corrected chi connectivity index (χ1v) is 5.79. The van der Waals surface area contributed by atoms with Crippen LogP contribution in [0.1, 0.15) is 15.9 Å². The second kappa shape index (κ2) is 5.86. The fourth-order valence-corrected chi connectivity index (χ4v) is 1.69. The molecule has 1 aromatic heterocycles. The maximum absolute atomic E-state index is 11.9. The van der Waals surface area contributed by atoms with Crippen LogP contribution in [0.15, 0.2) is 48.8 Å². The van der Waals surface area contributed by atoms with Gasteiger partial charge in [-0.15, -0.1) is 0 Å². The van der Waals surface area contributed by atoms with E-state index >= 15 is 0 Å². The van der Waals surface area contributed by atoms with Crippen LogP contribution in [0.4, 0.5) is 0 Å². The molecule has 1 heterocycles. The molecule has 1 N–H and O–H groups in total. The minimum Gasteiger partial charge on any atom is -0.619 e. The van der Waals surface area contributed by atoms with Crippen molar-refractivity contribution in [3.8, 4) is 5.75 Å². The summed E-state index contributed by atoms with van der Waals surface area (Å²) in [6.45, 7) is 0.370. The van der Waals surface area contributed by atoms with Gasteiger partial charge in [0.1, 0.15) is 5.75 Å². The van der Waals surface area contributed by atoms with E-state index in [9.17, 15) is 10.0 Å². The predicted octanol–water partition coefficient (Wildman–Crippen LogP) is 1.26. The van der Waals surface area contributed by atoms with E-state index < -0.39 is 0 Å². The highest BCUT2D eigenvalue weighted by atomic mass is 16.5. The van der Waals surface area contributed by atoms with Crippen LogP contribution in [0.5, 0.6) is 5.75 Å². The van der Waals surface area contributed by atoms with Gasteiger partial charge >= 0.3 is 0 Å². The van der Waals surface area contributed by atoms with Gasteiger partial charge in [-0.1, -0.05) is 18.2 Å². The lowest BCUT2D eigenvalue weighted by molar-refractivity contribution is -0.605. The van der Waals surface area contributed by atoms with Crippen molar-refractivity contribution in [3.63, 3.8) is 0 Å². The van der Waals surface area contributed by atoms with Gasteiger partial charge in [0.2, 0.25) is 0 Å². The van der Waals surface area contributed by atoms with Gasteiger partial charge in [-0.05, 0) is 6.07 Å². The van der Waals surface area contributed by atoms with Gasteiger partial charge in [-0.25, -0.2) is 0 Å². The van der Waals surface area contributed by atoms with Crippen LogP contribution in [0.3, 0.4) is 0 Å². The zero-order chi connectivity index (χ0) is 13.7. The minimum atomic E-state index is -0.230. The lowest BCUT2D eigenvalue weighted by Crippen LogP contribution is -2.27. The Morgan fingerprint density at radius 2 is 1.95 bits per heavy atom. The zero-order valence-corrected chi connectivity index (χ0v) is 10.5. The quantitative estimate of drug-likeness (QED) is 0.663. The molecule has 0 radical (unpaired) electrons. The number of amides is 1. The van der Waals surface area contributed by atoms with Crippen LogP contribution in [-0.2, 0) is 6.54 Å². The summed E-state index contributed by atoms with van der Waals surface area (Å²) in [5, 5.41) is 13.7. The third-order valence-electron chi connectivity index (χ3n) is 2.70. The Bertz CT molecular complexity index is 567. The molecule has 2 aromatic rings. The van der Waals surface area contributed by atoms with Crippen molar-refractivity contribution in [1.29, 1.82) is 0 Å². The summed E-state index contributed by atoms with van der Waals surface area (Å²) in [5.41, 5.74) is 1.34. The molecule has 0 aliphatic carbocycles. The first-order chi connectivity index (χ1) is 9.20. The number of carbonyl (C=O) groups excluding carboxylic acids is 1. The second-order valence-corrected chi connectivity index (χ2v) is 3.94. The molecule has 19 heavy (non-hydrogen) atoms. The molecule has 1 aromatic carbocycles. The van der Waals surface area contributed by atoms with E-state index in [0.717, 1.165) is 11.3 Å². The number of nitrogens with zero attached hydrogens (tertiary/aromatic N) is 1. The molecule has 0 bridgehead atoms. The summed E-state index contributed by atoms with van der Waals surface area (Å²) < 4.78 is 5.84. The van der Waals surface area contributed by atoms with E-state index in [1.165, 1.54) is 24.5 Å². The highest BCUT2D eigenvalue weighted by Gasteiger charge is 2.08. The fraction of sp³-hybridized carbons (Fsp3) is 0.143. The van der Waals surface area contributed by atoms with E-state index in [4.69, 9.17) is 4.74 Å². The van der Waals surface area contributed by atoms with Crippen molar-refractivity contribution in [2.75, 3.05) is 7.11 Å². The molecule has 2 rings (SSSR count). The molecule has 5 nitrogen and oxygen atoms in total. The Morgan fingerprint density at radius 3 is 2.63 bits per heavy atom. The predicted molar refractivity (Wildman–Crippen MR) is 69.6 cm³/mol. The molecule has 1 amide bonds. The summed E-state index contributed by atoms with van der Waals surface area (Å²) in [4.78, 5) is 11.9. The third-order valence-corrected chi connectivity index (χ3v) is 2.70. The maximum Gasteiger partial charge on any atom is 0.252 e. The Hall–Kier alpha value is -2.56. The number of ether oxygens (including phenoxy) is 1. The number of aromatic nitrogens is 1. The zero-order valence-electron chi connectivity index (χ0n) is 10.5.